The first kappa shape index (κ1) is 38.2. The summed E-state index contributed by atoms with van der Waals surface area (Å²) in [6.07, 6.45) is 1.52. The molecule has 5 aromatic rings. The summed E-state index contributed by atoms with van der Waals surface area (Å²) >= 11 is 1.18. The van der Waals surface area contributed by atoms with Crippen LogP contribution >= 0.6 is 11.8 Å². The molecule has 1 fully saturated rings. The summed E-state index contributed by atoms with van der Waals surface area (Å²) in [4.78, 5) is 49.4. The summed E-state index contributed by atoms with van der Waals surface area (Å²) < 4.78 is 21.4. The lowest BCUT2D eigenvalue weighted by Gasteiger charge is -2.37. The minimum absolute atomic E-state index is 0.0131. The number of aryl methyl sites for hydroxylation is 1. The number of nitro benzene ring substituents is 1. The summed E-state index contributed by atoms with van der Waals surface area (Å²) in [5.41, 5.74) is 0.646. The lowest BCUT2D eigenvalue weighted by atomic mass is 9.79. The van der Waals surface area contributed by atoms with E-state index >= 15 is 0 Å². The molecule has 2 N–H and O–H groups in total. The van der Waals surface area contributed by atoms with Crippen LogP contribution in [0.4, 0.5) is 5.69 Å². The monoisotopic (exact) mass is 753 g/mol. The smallest absolute Gasteiger partial charge is 0.342 e. The van der Waals surface area contributed by atoms with Crippen LogP contribution in [0.5, 0.6) is 5.75 Å². The molecule has 54 heavy (non-hydrogen) atoms. The van der Waals surface area contributed by atoms with E-state index < -0.39 is 51.3 Å². The molecule has 4 aromatic carbocycles. The van der Waals surface area contributed by atoms with Crippen molar-refractivity contribution in [1.29, 1.82) is 0 Å². The lowest BCUT2D eigenvalue weighted by Crippen LogP contribution is -2.42. The summed E-state index contributed by atoms with van der Waals surface area (Å²) in [6, 6.07) is 28.9. The second-order valence-corrected chi connectivity index (χ2v) is 13.9. The Balaban J connectivity index is 1.23. The topological polar surface area (TPSA) is 172 Å². The van der Waals surface area contributed by atoms with Crippen LogP contribution in [-0.2, 0) is 28.2 Å². The van der Waals surface area contributed by atoms with Crippen LogP contribution in [0, 0.1) is 17.0 Å². The van der Waals surface area contributed by atoms with E-state index in [-0.39, 0.29) is 25.5 Å². The van der Waals surface area contributed by atoms with E-state index in [1.165, 1.54) is 34.7 Å². The molecule has 13 nitrogen and oxygen atoms in total. The molecule has 0 spiro atoms. The number of carbonyl (C=O) groups is 1. The first-order valence-corrected chi connectivity index (χ1v) is 18.2. The van der Waals surface area contributed by atoms with E-state index in [1.807, 2.05) is 78.9 Å². The number of aromatic carboxylic acids is 1. The molecule has 2 heterocycles. The Hall–Kier alpha value is -5.54. The Morgan fingerprint density at radius 1 is 0.981 bits per heavy atom. The molecule has 1 aromatic heterocycles. The number of rotatable bonds is 15. The van der Waals surface area contributed by atoms with Crippen LogP contribution in [0.1, 0.15) is 57.2 Å². The SMILES string of the molecule is COc1ccc(C(OC[C@@H]2CC[C@H](n3cc(C)c(=O)n(CCSc4ccc([N+](=O)[O-])c(C(=O)O)c4)c3=O)O2)(c2ccccc2)c2ccc(CO)cc2)cc1. The van der Waals surface area contributed by atoms with Gasteiger partial charge in [-0.1, -0.05) is 66.7 Å². The predicted octanol–water partition coefficient (Wildman–Crippen LogP) is 5.90. The Morgan fingerprint density at radius 2 is 1.65 bits per heavy atom. The molecule has 0 aliphatic carbocycles. The van der Waals surface area contributed by atoms with Crippen LogP contribution in [-0.4, -0.2) is 55.8 Å². The number of hydrogen-bond donors (Lipinski definition) is 2. The number of ether oxygens (including phenoxy) is 3. The van der Waals surface area contributed by atoms with E-state index in [1.54, 1.807) is 14.0 Å². The van der Waals surface area contributed by atoms with Crippen molar-refractivity contribution >= 4 is 23.4 Å². The first-order valence-electron chi connectivity index (χ1n) is 17.2. The van der Waals surface area contributed by atoms with Crippen LogP contribution in [0.15, 0.2) is 118 Å². The third kappa shape index (κ3) is 7.87. The third-order valence-electron chi connectivity index (χ3n) is 9.45. The molecule has 6 rings (SSSR count). The van der Waals surface area contributed by atoms with Gasteiger partial charge in [-0.2, -0.15) is 0 Å². The maximum atomic E-state index is 13.7. The van der Waals surface area contributed by atoms with Gasteiger partial charge in [0.2, 0.25) is 0 Å². The van der Waals surface area contributed by atoms with Gasteiger partial charge in [0.05, 0.1) is 31.4 Å². The Labute approximate surface area is 314 Å². The van der Waals surface area contributed by atoms with E-state index in [0.717, 1.165) is 32.9 Å². The van der Waals surface area contributed by atoms with E-state index in [9.17, 15) is 34.7 Å². The molecule has 3 atom stereocenters. The van der Waals surface area contributed by atoms with Crippen LogP contribution < -0.4 is 16.0 Å². The molecule has 0 radical (unpaired) electrons. The number of aliphatic hydroxyl groups is 1. The maximum Gasteiger partial charge on any atom is 0.342 e. The van der Waals surface area contributed by atoms with Gasteiger partial charge in [-0.3, -0.25) is 24.0 Å². The van der Waals surface area contributed by atoms with Gasteiger partial charge >= 0.3 is 11.7 Å². The Bertz CT molecular complexity index is 2190. The van der Waals surface area contributed by atoms with Crippen molar-refractivity contribution in [1.82, 2.24) is 9.13 Å². The highest BCUT2D eigenvalue weighted by atomic mass is 32.2. The number of thioether (sulfide) groups is 1. The lowest BCUT2D eigenvalue weighted by molar-refractivity contribution is -0.385. The van der Waals surface area contributed by atoms with E-state index in [0.29, 0.717) is 29.1 Å². The third-order valence-corrected chi connectivity index (χ3v) is 10.4. The van der Waals surface area contributed by atoms with Gasteiger partial charge in [0.1, 0.15) is 23.1 Å². The molecular formula is C40H39N3O10S. The number of hydrogen-bond acceptors (Lipinski definition) is 10. The molecule has 280 valence electrons. The second kappa shape index (κ2) is 16.6. The number of nitro groups is 1. The molecule has 0 bridgehead atoms. The quantitative estimate of drug-likeness (QED) is 0.0564. The minimum Gasteiger partial charge on any atom is -0.497 e. The zero-order chi connectivity index (χ0) is 38.4. The van der Waals surface area contributed by atoms with Crippen molar-refractivity contribution < 1.29 is 34.1 Å². The van der Waals surface area contributed by atoms with Crippen LogP contribution in [0.2, 0.25) is 0 Å². The van der Waals surface area contributed by atoms with Crippen molar-refractivity contribution in [3.63, 3.8) is 0 Å². The molecule has 1 unspecified atom stereocenters. The van der Waals surface area contributed by atoms with Crippen molar-refractivity contribution in [2.24, 2.45) is 0 Å². The van der Waals surface area contributed by atoms with Crippen molar-refractivity contribution in [2.45, 2.75) is 55.7 Å². The van der Waals surface area contributed by atoms with Gasteiger partial charge in [-0.15, -0.1) is 11.8 Å². The molecule has 1 aliphatic heterocycles. The van der Waals surface area contributed by atoms with Crippen LogP contribution in [0.25, 0.3) is 0 Å². The van der Waals surface area contributed by atoms with Gasteiger partial charge in [-0.25, -0.2) is 9.59 Å². The number of nitrogens with zero attached hydrogens (tertiary/aromatic N) is 3. The number of methoxy groups -OCH3 is 1. The molecular weight excluding hydrogens is 715 g/mol. The fourth-order valence-electron chi connectivity index (χ4n) is 6.68. The molecule has 1 aliphatic rings. The normalized spacial score (nSPS) is 16.5. The van der Waals surface area contributed by atoms with E-state index in [2.05, 4.69) is 0 Å². The molecule has 14 heteroatoms. The summed E-state index contributed by atoms with van der Waals surface area (Å²) in [7, 11) is 1.61. The largest absolute Gasteiger partial charge is 0.497 e. The first-order chi connectivity index (χ1) is 26.0. The Morgan fingerprint density at radius 3 is 2.28 bits per heavy atom. The summed E-state index contributed by atoms with van der Waals surface area (Å²) in [5.74, 6) is -0.507. The number of carboxylic acid groups (broad SMARTS) is 1. The fourth-order valence-corrected chi connectivity index (χ4v) is 7.55. The van der Waals surface area contributed by atoms with E-state index in [4.69, 9.17) is 14.2 Å². The van der Waals surface area contributed by atoms with Gasteiger partial charge in [-0.05, 0) is 66.3 Å². The number of aromatic nitrogens is 2. The number of aliphatic hydroxyl groups excluding tert-OH is 1. The summed E-state index contributed by atoms with van der Waals surface area (Å²) in [6.45, 7) is 1.70. The predicted molar refractivity (Wildman–Crippen MR) is 201 cm³/mol. The standard InChI is InChI=1S/C40H39N3O10S/c1-26-23-42(39(48)41(37(26)45)20-21-54-33-17-18-35(43(49)50)34(22-33)38(46)47)36-19-16-32(53-36)25-52-40(28-6-4-3-5-7-28,29-10-8-27(24-44)9-11-29)30-12-14-31(51-2)15-13-30/h3-15,17-18,22-23,32,36,44H,16,19-21,24-25H2,1-2H3,(H,46,47)/t32-,36+,40?/m0/s1. The maximum absolute atomic E-state index is 13.7. The average Bonchev–Trinajstić information content (AvgIpc) is 3.67. The van der Waals surface area contributed by atoms with Crippen LogP contribution in [0.3, 0.4) is 0 Å². The second-order valence-electron chi connectivity index (χ2n) is 12.8. The number of carboxylic acids is 1. The molecule has 0 amide bonds. The highest BCUT2D eigenvalue weighted by molar-refractivity contribution is 7.99. The highest BCUT2D eigenvalue weighted by Crippen LogP contribution is 2.42. The number of benzene rings is 4. The zero-order valence-corrected chi connectivity index (χ0v) is 30.4. The minimum atomic E-state index is -1.43. The Kier molecular flexibility index (Phi) is 11.8. The highest BCUT2D eigenvalue weighted by Gasteiger charge is 2.40. The fraction of sp³-hybridized carbons (Fsp3) is 0.275. The summed E-state index contributed by atoms with van der Waals surface area (Å²) in [5, 5.41) is 30.4. The van der Waals surface area contributed by atoms with Gasteiger partial charge < -0.3 is 24.4 Å². The van der Waals surface area contributed by atoms with Gasteiger partial charge in [0, 0.05) is 35.0 Å². The van der Waals surface area contributed by atoms with Crippen molar-refractivity contribution in [3.05, 3.63) is 168 Å². The van der Waals surface area contributed by atoms with Gasteiger partial charge in [0.25, 0.3) is 11.2 Å². The molecule has 1 saturated heterocycles. The zero-order valence-electron chi connectivity index (χ0n) is 29.6. The van der Waals surface area contributed by atoms with Gasteiger partial charge in [0.15, 0.2) is 0 Å². The van der Waals surface area contributed by atoms with Crippen molar-refractivity contribution in [3.8, 4) is 5.75 Å². The van der Waals surface area contributed by atoms with Crippen molar-refractivity contribution in [2.75, 3.05) is 19.5 Å². The molecule has 0 saturated carbocycles. The average molecular weight is 754 g/mol.